The number of hydrogen-bond acceptors (Lipinski definition) is 3. The third kappa shape index (κ3) is 6.06. The summed E-state index contributed by atoms with van der Waals surface area (Å²) in [5, 5.41) is 8.81. The van der Waals surface area contributed by atoms with Crippen LogP contribution < -0.4 is 4.74 Å². The molecule has 0 fully saturated rings. The number of benzene rings is 1. The van der Waals surface area contributed by atoms with E-state index in [2.05, 4.69) is 6.92 Å². The number of hydrogen-bond donors (Lipinski definition) is 1. The van der Waals surface area contributed by atoms with Crippen LogP contribution in [0.15, 0.2) is 24.3 Å². The molecule has 0 aliphatic heterocycles. The minimum atomic E-state index is -0.928. The van der Waals surface area contributed by atoms with Gasteiger partial charge in [-0.05, 0) is 30.7 Å². The topological polar surface area (TPSA) is 55.8 Å². The fourth-order valence-electron chi connectivity index (χ4n) is 1.95. The first-order chi connectivity index (χ1) is 9.67. The number of methoxy groups -OCH3 is 1. The van der Waals surface area contributed by atoms with Gasteiger partial charge in [-0.3, -0.25) is 0 Å². The van der Waals surface area contributed by atoms with Crippen molar-refractivity contribution in [3.05, 3.63) is 29.8 Å². The maximum atomic E-state index is 10.7. The lowest BCUT2D eigenvalue weighted by molar-refractivity contribution is 0.0501. The van der Waals surface area contributed by atoms with E-state index in [0.29, 0.717) is 12.4 Å². The minimum absolute atomic E-state index is 0.0889. The normalized spacial score (nSPS) is 12.1. The van der Waals surface area contributed by atoms with E-state index in [1.165, 1.54) is 19.3 Å². The molecule has 1 rings (SSSR count). The second-order valence-corrected chi connectivity index (χ2v) is 4.85. The molecule has 1 aromatic carbocycles. The van der Waals surface area contributed by atoms with Crippen LogP contribution in [-0.2, 0) is 4.74 Å². The molecule has 0 aliphatic carbocycles. The van der Waals surface area contributed by atoms with Gasteiger partial charge in [-0.25, -0.2) is 4.79 Å². The molecule has 0 aromatic heterocycles. The molecule has 0 saturated heterocycles. The van der Waals surface area contributed by atoms with Gasteiger partial charge in [0, 0.05) is 7.11 Å². The molecule has 1 atom stereocenters. The summed E-state index contributed by atoms with van der Waals surface area (Å²) >= 11 is 0. The Morgan fingerprint density at radius 1 is 1.20 bits per heavy atom. The SMILES string of the molecule is CCCCCCC(COc1ccc(C(=O)O)cc1)OC. The molecule has 0 bridgehead atoms. The molecule has 0 spiro atoms. The number of ether oxygens (including phenoxy) is 2. The lowest BCUT2D eigenvalue weighted by Gasteiger charge is -2.16. The third-order valence-corrected chi connectivity index (χ3v) is 3.25. The van der Waals surface area contributed by atoms with Crippen molar-refractivity contribution in [3.63, 3.8) is 0 Å². The van der Waals surface area contributed by atoms with E-state index in [1.54, 1.807) is 31.4 Å². The smallest absolute Gasteiger partial charge is 0.335 e. The summed E-state index contributed by atoms with van der Waals surface area (Å²) in [7, 11) is 1.70. The highest BCUT2D eigenvalue weighted by Gasteiger charge is 2.08. The fourth-order valence-corrected chi connectivity index (χ4v) is 1.95. The Labute approximate surface area is 120 Å². The Hall–Kier alpha value is -1.55. The van der Waals surface area contributed by atoms with Crippen molar-refractivity contribution in [2.24, 2.45) is 0 Å². The van der Waals surface area contributed by atoms with Gasteiger partial charge in [-0.15, -0.1) is 0 Å². The van der Waals surface area contributed by atoms with Crippen LogP contribution in [0.4, 0.5) is 0 Å². The van der Waals surface area contributed by atoms with Crippen LogP contribution in [-0.4, -0.2) is 30.9 Å². The predicted octanol–water partition coefficient (Wildman–Crippen LogP) is 3.75. The van der Waals surface area contributed by atoms with E-state index >= 15 is 0 Å². The lowest BCUT2D eigenvalue weighted by atomic mass is 10.1. The zero-order valence-electron chi connectivity index (χ0n) is 12.3. The molecule has 4 nitrogen and oxygen atoms in total. The monoisotopic (exact) mass is 280 g/mol. The maximum Gasteiger partial charge on any atom is 0.335 e. The largest absolute Gasteiger partial charge is 0.491 e. The summed E-state index contributed by atoms with van der Waals surface area (Å²) in [4.78, 5) is 10.7. The molecule has 4 heteroatoms. The number of carbonyl (C=O) groups is 1. The molecule has 1 unspecified atom stereocenters. The molecule has 0 amide bonds. The number of carboxylic acid groups (broad SMARTS) is 1. The van der Waals surface area contributed by atoms with Gasteiger partial charge in [0.2, 0.25) is 0 Å². The summed E-state index contributed by atoms with van der Waals surface area (Å²) in [5.41, 5.74) is 0.264. The second-order valence-electron chi connectivity index (χ2n) is 4.85. The molecule has 1 aromatic rings. The zero-order chi connectivity index (χ0) is 14.8. The summed E-state index contributed by atoms with van der Waals surface area (Å²) in [6.45, 7) is 2.69. The van der Waals surface area contributed by atoms with Crippen LogP contribution in [0.25, 0.3) is 0 Å². The number of unbranched alkanes of at least 4 members (excludes halogenated alkanes) is 3. The molecule has 1 N–H and O–H groups in total. The quantitative estimate of drug-likeness (QED) is 0.663. The first-order valence-electron chi connectivity index (χ1n) is 7.16. The van der Waals surface area contributed by atoms with Crippen LogP contribution in [0, 0.1) is 0 Å². The lowest BCUT2D eigenvalue weighted by Crippen LogP contribution is -2.20. The second kappa shape index (κ2) is 9.37. The van der Waals surface area contributed by atoms with E-state index < -0.39 is 5.97 Å². The van der Waals surface area contributed by atoms with Gasteiger partial charge in [0.1, 0.15) is 12.4 Å². The zero-order valence-corrected chi connectivity index (χ0v) is 12.3. The predicted molar refractivity (Wildman–Crippen MR) is 78.5 cm³/mol. The van der Waals surface area contributed by atoms with Gasteiger partial charge in [-0.2, -0.15) is 0 Å². The Morgan fingerprint density at radius 3 is 2.45 bits per heavy atom. The number of aromatic carboxylic acids is 1. The van der Waals surface area contributed by atoms with E-state index in [-0.39, 0.29) is 11.7 Å². The summed E-state index contributed by atoms with van der Waals surface area (Å²) < 4.78 is 11.0. The van der Waals surface area contributed by atoms with Crippen molar-refractivity contribution >= 4 is 5.97 Å². The Balaban J connectivity index is 2.34. The number of carboxylic acids is 1. The molecule has 20 heavy (non-hydrogen) atoms. The summed E-state index contributed by atoms with van der Waals surface area (Å²) in [6.07, 6.45) is 5.94. The standard InChI is InChI=1S/C16H24O4/c1-3-4-5-6-7-15(19-2)12-20-14-10-8-13(9-11-14)16(17)18/h8-11,15H,3-7,12H2,1-2H3,(H,17,18). The summed E-state index contributed by atoms with van der Waals surface area (Å²) in [6, 6.07) is 6.43. The van der Waals surface area contributed by atoms with Gasteiger partial charge >= 0.3 is 5.97 Å². The molecule has 0 aliphatic rings. The van der Waals surface area contributed by atoms with Crippen molar-refractivity contribution in [1.82, 2.24) is 0 Å². The van der Waals surface area contributed by atoms with Crippen LogP contribution in [0.3, 0.4) is 0 Å². The van der Waals surface area contributed by atoms with Gasteiger partial charge in [-0.1, -0.05) is 32.6 Å². The van der Waals surface area contributed by atoms with Crippen molar-refractivity contribution in [2.45, 2.75) is 45.1 Å². The molecular weight excluding hydrogens is 256 g/mol. The Bertz CT molecular complexity index is 386. The molecular formula is C16H24O4. The van der Waals surface area contributed by atoms with E-state index in [1.807, 2.05) is 0 Å². The highest BCUT2D eigenvalue weighted by Crippen LogP contribution is 2.14. The Kier molecular flexibility index (Phi) is 7.73. The maximum absolute atomic E-state index is 10.7. The van der Waals surface area contributed by atoms with E-state index in [9.17, 15) is 4.79 Å². The first-order valence-corrected chi connectivity index (χ1v) is 7.16. The van der Waals surface area contributed by atoms with Crippen LogP contribution in [0.5, 0.6) is 5.75 Å². The third-order valence-electron chi connectivity index (χ3n) is 3.25. The fraction of sp³-hybridized carbons (Fsp3) is 0.562. The van der Waals surface area contributed by atoms with Crippen molar-refractivity contribution in [2.75, 3.05) is 13.7 Å². The van der Waals surface area contributed by atoms with Crippen LogP contribution >= 0.6 is 0 Å². The summed E-state index contributed by atoms with van der Waals surface area (Å²) in [5.74, 6) is -0.257. The van der Waals surface area contributed by atoms with Crippen LogP contribution in [0.1, 0.15) is 49.4 Å². The highest BCUT2D eigenvalue weighted by atomic mass is 16.5. The Morgan fingerprint density at radius 2 is 1.90 bits per heavy atom. The van der Waals surface area contributed by atoms with Crippen molar-refractivity contribution < 1.29 is 19.4 Å². The van der Waals surface area contributed by atoms with Gasteiger partial charge < -0.3 is 14.6 Å². The molecule has 112 valence electrons. The molecule has 0 radical (unpaired) electrons. The number of rotatable bonds is 10. The van der Waals surface area contributed by atoms with Gasteiger partial charge in [0.15, 0.2) is 0 Å². The minimum Gasteiger partial charge on any atom is -0.491 e. The average Bonchev–Trinajstić information content (AvgIpc) is 2.47. The average molecular weight is 280 g/mol. The first kappa shape index (κ1) is 16.5. The van der Waals surface area contributed by atoms with Crippen molar-refractivity contribution in [1.29, 1.82) is 0 Å². The van der Waals surface area contributed by atoms with Gasteiger partial charge in [0.05, 0.1) is 11.7 Å². The van der Waals surface area contributed by atoms with E-state index in [4.69, 9.17) is 14.6 Å². The van der Waals surface area contributed by atoms with E-state index in [0.717, 1.165) is 12.8 Å². The highest BCUT2D eigenvalue weighted by molar-refractivity contribution is 5.87. The van der Waals surface area contributed by atoms with Gasteiger partial charge in [0.25, 0.3) is 0 Å². The molecule has 0 saturated carbocycles. The van der Waals surface area contributed by atoms with Crippen LogP contribution in [0.2, 0.25) is 0 Å². The van der Waals surface area contributed by atoms with Crippen molar-refractivity contribution in [3.8, 4) is 5.75 Å². The molecule has 0 heterocycles.